The Kier molecular flexibility index (Phi) is 5.56. The van der Waals surface area contributed by atoms with Crippen LogP contribution in [0.4, 0.5) is 5.69 Å². The topological polar surface area (TPSA) is 29.1 Å². The zero-order valence-corrected chi connectivity index (χ0v) is 13.2. The monoisotopic (exact) mass is 303 g/mol. The fraction of sp³-hybridized carbons (Fsp3) is 0.188. The summed E-state index contributed by atoms with van der Waals surface area (Å²) < 4.78 is 0. The van der Waals surface area contributed by atoms with Crippen LogP contribution in [0.5, 0.6) is 0 Å². The summed E-state index contributed by atoms with van der Waals surface area (Å²) in [4.78, 5) is 13.4. The van der Waals surface area contributed by atoms with Crippen molar-refractivity contribution in [2.75, 3.05) is 17.8 Å². The van der Waals surface area contributed by atoms with E-state index in [1.54, 1.807) is 23.5 Å². The lowest BCUT2D eigenvalue weighted by Gasteiger charge is -2.07. The normalized spacial score (nSPS) is 10.3. The van der Waals surface area contributed by atoms with E-state index in [9.17, 15) is 4.79 Å². The minimum atomic E-state index is -0.0649. The van der Waals surface area contributed by atoms with Gasteiger partial charge in [0.25, 0.3) is 5.91 Å². The van der Waals surface area contributed by atoms with E-state index in [0.29, 0.717) is 5.56 Å². The third-order valence-electron chi connectivity index (χ3n) is 2.85. The predicted octanol–water partition coefficient (Wildman–Crippen LogP) is 4.52. The zero-order chi connectivity index (χ0) is 14.4. The molecule has 0 bridgehead atoms. The van der Waals surface area contributed by atoms with Crippen LogP contribution in [0.15, 0.2) is 53.4 Å². The number of thioether (sulfide) groups is 2. The Hall–Kier alpha value is -1.39. The lowest BCUT2D eigenvalue weighted by molar-refractivity contribution is 0.102. The van der Waals surface area contributed by atoms with Crippen molar-refractivity contribution in [2.24, 2.45) is 0 Å². The Labute approximate surface area is 128 Å². The number of anilines is 1. The van der Waals surface area contributed by atoms with Crippen molar-refractivity contribution >= 4 is 35.1 Å². The zero-order valence-electron chi connectivity index (χ0n) is 11.6. The van der Waals surface area contributed by atoms with E-state index in [-0.39, 0.29) is 5.91 Å². The molecule has 104 valence electrons. The van der Waals surface area contributed by atoms with E-state index >= 15 is 0 Å². The molecule has 0 aliphatic carbocycles. The third kappa shape index (κ3) is 4.05. The molecule has 0 aliphatic rings. The molecule has 0 saturated heterocycles. The quantitative estimate of drug-likeness (QED) is 0.823. The minimum Gasteiger partial charge on any atom is -0.322 e. The van der Waals surface area contributed by atoms with Crippen molar-refractivity contribution in [1.29, 1.82) is 0 Å². The molecule has 4 heteroatoms. The highest BCUT2D eigenvalue weighted by molar-refractivity contribution is 7.98. The number of hydrogen-bond acceptors (Lipinski definition) is 3. The van der Waals surface area contributed by atoms with E-state index in [4.69, 9.17) is 0 Å². The van der Waals surface area contributed by atoms with Gasteiger partial charge in [-0.25, -0.2) is 0 Å². The Morgan fingerprint density at radius 2 is 1.85 bits per heavy atom. The van der Waals surface area contributed by atoms with Crippen LogP contribution in [-0.2, 0) is 5.75 Å². The molecule has 0 aromatic heterocycles. The Balaban J connectivity index is 2.08. The maximum absolute atomic E-state index is 12.2. The standard InChI is InChI=1S/C16H17NOS2/c1-19-11-12-4-3-5-13(10-12)16(18)17-14-6-8-15(20-2)9-7-14/h3-10H,11H2,1-2H3,(H,17,18). The van der Waals surface area contributed by atoms with Crippen LogP contribution in [0.3, 0.4) is 0 Å². The summed E-state index contributed by atoms with van der Waals surface area (Å²) in [5.41, 5.74) is 2.69. The van der Waals surface area contributed by atoms with Crippen LogP contribution in [0.1, 0.15) is 15.9 Å². The second-order valence-corrected chi connectivity index (χ2v) is 6.06. The largest absolute Gasteiger partial charge is 0.322 e. The van der Waals surface area contributed by atoms with Crippen molar-refractivity contribution in [3.05, 3.63) is 59.7 Å². The van der Waals surface area contributed by atoms with Crippen molar-refractivity contribution in [3.63, 3.8) is 0 Å². The maximum atomic E-state index is 12.2. The van der Waals surface area contributed by atoms with Crippen LogP contribution in [-0.4, -0.2) is 18.4 Å². The number of amides is 1. The number of carbonyl (C=O) groups excluding carboxylic acids is 1. The third-order valence-corrected chi connectivity index (χ3v) is 4.21. The number of nitrogens with one attached hydrogen (secondary N) is 1. The molecule has 1 amide bonds. The first-order chi connectivity index (χ1) is 9.72. The smallest absolute Gasteiger partial charge is 0.255 e. The van der Waals surface area contributed by atoms with Gasteiger partial charge in [0.15, 0.2) is 0 Å². The van der Waals surface area contributed by atoms with Gasteiger partial charge in [-0.2, -0.15) is 11.8 Å². The molecular formula is C16H17NOS2. The summed E-state index contributed by atoms with van der Waals surface area (Å²) in [6.45, 7) is 0. The molecular weight excluding hydrogens is 286 g/mol. The van der Waals surface area contributed by atoms with E-state index < -0.39 is 0 Å². The minimum absolute atomic E-state index is 0.0649. The van der Waals surface area contributed by atoms with Crippen molar-refractivity contribution < 1.29 is 4.79 Å². The first-order valence-corrected chi connectivity index (χ1v) is 8.88. The molecule has 0 aliphatic heterocycles. The lowest BCUT2D eigenvalue weighted by atomic mass is 10.1. The van der Waals surface area contributed by atoms with Crippen LogP contribution in [0.2, 0.25) is 0 Å². The summed E-state index contributed by atoms with van der Waals surface area (Å²) in [7, 11) is 0. The van der Waals surface area contributed by atoms with Gasteiger partial charge in [0.2, 0.25) is 0 Å². The first kappa shape index (κ1) is 15.0. The molecule has 2 nitrogen and oxygen atoms in total. The molecule has 1 N–H and O–H groups in total. The highest BCUT2D eigenvalue weighted by Gasteiger charge is 2.06. The number of carbonyl (C=O) groups is 1. The summed E-state index contributed by atoms with van der Waals surface area (Å²) in [5.74, 6) is 0.855. The van der Waals surface area contributed by atoms with Crippen molar-refractivity contribution in [1.82, 2.24) is 0 Å². The van der Waals surface area contributed by atoms with E-state index in [1.807, 2.05) is 54.8 Å². The summed E-state index contributed by atoms with van der Waals surface area (Å²) in [5, 5.41) is 2.92. The van der Waals surface area contributed by atoms with Gasteiger partial charge < -0.3 is 5.32 Å². The summed E-state index contributed by atoms with van der Waals surface area (Å²) >= 11 is 3.43. The van der Waals surface area contributed by atoms with Crippen molar-refractivity contribution in [3.8, 4) is 0 Å². The average Bonchev–Trinajstić information content (AvgIpc) is 2.48. The molecule has 2 rings (SSSR count). The fourth-order valence-electron chi connectivity index (χ4n) is 1.85. The number of benzene rings is 2. The molecule has 0 atom stereocenters. The molecule has 20 heavy (non-hydrogen) atoms. The molecule has 0 radical (unpaired) electrons. The van der Waals surface area contributed by atoms with Gasteiger partial charge in [-0.1, -0.05) is 12.1 Å². The van der Waals surface area contributed by atoms with Gasteiger partial charge in [0.05, 0.1) is 0 Å². The molecule has 0 heterocycles. The second kappa shape index (κ2) is 7.41. The lowest BCUT2D eigenvalue weighted by Crippen LogP contribution is -2.11. The fourth-order valence-corrected chi connectivity index (χ4v) is 2.77. The molecule has 0 fully saturated rings. The van der Waals surface area contributed by atoms with E-state index in [1.165, 1.54) is 10.5 Å². The van der Waals surface area contributed by atoms with Gasteiger partial charge in [0, 0.05) is 21.9 Å². The molecule has 2 aromatic rings. The Morgan fingerprint density at radius 3 is 2.50 bits per heavy atom. The highest BCUT2D eigenvalue weighted by atomic mass is 32.2. The predicted molar refractivity (Wildman–Crippen MR) is 89.8 cm³/mol. The first-order valence-electron chi connectivity index (χ1n) is 6.26. The Morgan fingerprint density at radius 1 is 1.10 bits per heavy atom. The van der Waals surface area contributed by atoms with Gasteiger partial charge in [0.1, 0.15) is 0 Å². The maximum Gasteiger partial charge on any atom is 0.255 e. The number of rotatable bonds is 5. The van der Waals surface area contributed by atoms with Gasteiger partial charge in [-0.3, -0.25) is 4.79 Å². The van der Waals surface area contributed by atoms with Crippen molar-refractivity contribution in [2.45, 2.75) is 10.6 Å². The average molecular weight is 303 g/mol. The van der Waals surface area contributed by atoms with Gasteiger partial charge >= 0.3 is 0 Å². The number of hydrogen-bond donors (Lipinski definition) is 1. The molecule has 0 unspecified atom stereocenters. The van der Waals surface area contributed by atoms with Gasteiger partial charge in [-0.15, -0.1) is 11.8 Å². The Bertz CT molecular complexity index is 581. The van der Waals surface area contributed by atoms with Crippen LogP contribution in [0.25, 0.3) is 0 Å². The molecule has 0 spiro atoms. The van der Waals surface area contributed by atoms with Crippen LogP contribution < -0.4 is 5.32 Å². The summed E-state index contributed by atoms with van der Waals surface area (Å²) in [6, 6.07) is 15.6. The van der Waals surface area contributed by atoms with E-state index in [0.717, 1.165) is 11.4 Å². The van der Waals surface area contributed by atoms with Crippen LogP contribution in [0, 0.1) is 0 Å². The van der Waals surface area contributed by atoms with Crippen LogP contribution >= 0.6 is 23.5 Å². The second-order valence-electron chi connectivity index (χ2n) is 4.32. The molecule has 2 aromatic carbocycles. The summed E-state index contributed by atoms with van der Waals surface area (Å²) in [6.07, 6.45) is 4.09. The SMILES string of the molecule is CSCc1cccc(C(=O)Nc2ccc(SC)cc2)c1. The van der Waals surface area contributed by atoms with E-state index in [2.05, 4.69) is 11.6 Å². The van der Waals surface area contributed by atoms with Gasteiger partial charge in [-0.05, 0) is 54.5 Å². The molecule has 0 saturated carbocycles. The highest BCUT2D eigenvalue weighted by Crippen LogP contribution is 2.18.